The monoisotopic (exact) mass is 523 g/mol. The first-order valence-electron chi connectivity index (χ1n) is 12.5. The second-order valence-electron chi connectivity index (χ2n) is 10.2. The van der Waals surface area contributed by atoms with Crippen molar-refractivity contribution in [3.05, 3.63) is 99.3 Å². The van der Waals surface area contributed by atoms with Crippen LogP contribution in [0.4, 0.5) is 5.69 Å². The normalized spacial score (nSPS) is 16.9. The topological polar surface area (TPSA) is 71.0 Å². The molecule has 0 amide bonds. The molecule has 0 saturated heterocycles. The van der Waals surface area contributed by atoms with Crippen LogP contribution in [-0.4, -0.2) is 22.9 Å². The van der Waals surface area contributed by atoms with Gasteiger partial charge in [0.25, 0.3) is 0 Å². The maximum atomic E-state index is 11.2. The number of phenolic OH excluding ortho intramolecular Hbond substituents is 1. The fraction of sp³-hybridized carbons (Fsp3) is 0.188. The number of anilines is 1. The SMILES string of the molecule is COc1c(O)ccc2c1-c1ccc3c(c1C(=Cc1sccc1C(O)c1ccccc1)O2)C(C)=CC(C)(C)N3. The Hall–Kier alpha value is -4.00. The number of benzene rings is 3. The summed E-state index contributed by atoms with van der Waals surface area (Å²) in [5, 5.41) is 27.4. The molecular formula is C32H29NO4S. The number of ether oxygens (including phenoxy) is 2. The van der Waals surface area contributed by atoms with Crippen LogP contribution < -0.4 is 14.8 Å². The molecule has 0 bridgehead atoms. The number of aliphatic hydroxyl groups excluding tert-OH is 1. The lowest BCUT2D eigenvalue weighted by Crippen LogP contribution is -2.32. The summed E-state index contributed by atoms with van der Waals surface area (Å²) < 4.78 is 12.2. The highest BCUT2D eigenvalue weighted by atomic mass is 32.1. The van der Waals surface area contributed by atoms with Crippen molar-refractivity contribution in [2.24, 2.45) is 0 Å². The van der Waals surface area contributed by atoms with E-state index in [1.54, 1.807) is 30.6 Å². The third kappa shape index (κ3) is 3.97. The average molecular weight is 524 g/mol. The van der Waals surface area contributed by atoms with Crippen LogP contribution >= 0.6 is 11.3 Å². The average Bonchev–Trinajstić information content (AvgIpc) is 3.36. The number of allylic oxidation sites excluding steroid dienone is 1. The Bertz CT molecular complexity index is 1610. The number of hydrogen-bond donors (Lipinski definition) is 3. The molecule has 3 heterocycles. The second-order valence-corrected chi connectivity index (χ2v) is 11.2. The number of fused-ring (bicyclic) bond motifs is 5. The molecule has 5 nitrogen and oxygen atoms in total. The van der Waals surface area contributed by atoms with Crippen LogP contribution in [-0.2, 0) is 0 Å². The number of nitrogens with one attached hydrogen (secondary N) is 1. The Morgan fingerprint density at radius 2 is 1.79 bits per heavy atom. The van der Waals surface area contributed by atoms with Gasteiger partial charge in [0.15, 0.2) is 11.5 Å². The van der Waals surface area contributed by atoms with Crippen molar-refractivity contribution in [2.75, 3.05) is 12.4 Å². The number of rotatable bonds is 4. The Kier molecular flexibility index (Phi) is 5.82. The standard InChI is InChI=1S/C32H29NO4S/c1-18-17-32(2,3)33-22-11-10-21-28(27(18)22)25(37-24-13-12-23(34)31(36-4)29(21)24)16-26-20(14-15-38-26)30(35)19-8-6-5-7-9-19/h5-17,30,33-35H,1-4H3. The zero-order chi connectivity index (χ0) is 26.6. The number of phenols is 1. The molecule has 2 aliphatic rings. The second kappa shape index (κ2) is 9.08. The number of methoxy groups -OCH3 is 1. The van der Waals surface area contributed by atoms with Gasteiger partial charge in [0.05, 0.1) is 18.2 Å². The van der Waals surface area contributed by atoms with Crippen LogP contribution in [0.1, 0.15) is 54.0 Å². The van der Waals surface area contributed by atoms with Crippen molar-refractivity contribution in [1.82, 2.24) is 0 Å². The van der Waals surface area contributed by atoms with E-state index in [9.17, 15) is 10.2 Å². The molecule has 0 fully saturated rings. The summed E-state index contributed by atoms with van der Waals surface area (Å²) in [6.07, 6.45) is 3.48. The molecule has 0 spiro atoms. The van der Waals surface area contributed by atoms with E-state index in [0.29, 0.717) is 17.3 Å². The number of thiophene rings is 1. The van der Waals surface area contributed by atoms with Gasteiger partial charge in [0.1, 0.15) is 17.6 Å². The Balaban J connectivity index is 1.59. The molecule has 3 aromatic carbocycles. The van der Waals surface area contributed by atoms with Gasteiger partial charge in [0, 0.05) is 32.8 Å². The van der Waals surface area contributed by atoms with Crippen LogP contribution in [0.25, 0.3) is 28.5 Å². The van der Waals surface area contributed by atoms with Crippen molar-refractivity contribution in [3.63, 3.8) is 0 Å². The molecule has 38 heavy (non-hydrogen) atoms. The summed E-state index contributed by atoms with van der Waals surface area (Å²) in [6.45, 7) is 6.40. The van der Waals surface area contributed by atoms with E-state index in [0.717, 1.165) is 49.5 Å². The molecule has 0 aliphatic carbocycles. The van der Waals surface area contributed by atoms with Gasteiger partial charge in [-0.05, 0) is 67.6 Å². The molecule has 4 aromatic rings. The van der Waals surface area contributed by atoms with E-state index in [1.165, 1.54) is 0 Å². The Morgan fingerprint density at radius 1 is 1.00 bits per heavy atom. The first-order valence-corrected chi connectivity index (χ1v) is 13.4. The van der Waals surface area contributed by atoms with Crippen molar-refractivity contribution in [2.45, 2.75) is 32.4 Å². The number of hydrogen-bond acceptors (Lipinski definition) is 6. The van der Waals surface area contributed by atoms with Gasteiger partial charge in [-0.25, -0.2) is 0 Å². The molecule has 1 atom stereocenters. The fourth-order valence-electron chi connectivity index (χ4n) is 5.56. The van der Waals surface area contributed by atoms with Crippen LogP contribution in [0.5, 0.6) is 17.2 Å². The van der Waals surface area contributed by atoms with E-state index in [1.807, 2.05) is 47.9 Å². The van der Waals surface area contributed by atoms with Crippen molar-refractivity contribution >= 4 is 34.4 Å². The van der Waals surface area contributed by atoms with Crippen molar-refractivity contribution in [1.29, 1.82) is 0 Å². The van der Waals surface area contributed by atoms with Crippen LogP contribution in [0, 0.1) is 0 Å². The quantitative estimate of drug-likeness (QED) is 0.256. The fourth-order valence-corrected chi connectivity index (χ4v) is 6.41. The van der Waals surface area contributed by atoms with Gasteiger partial charge in [-0.15, -0.1) is 11.3 Å². The Morgan fingerprint density at radius 3 is 2.55 bits per heavy atom. The van der Waals surface area contributed by atoms with Crippen LogP contribution in [0.2, 0.25) is 0 Å². The lowest BCUT2D eigenvalue weighted by molar-refractivity contribution is 0.220. The largest absolute Gasteiger partial charge is 0.504 e. The van der Waals surface area contributed by atoms with Gasteiger partial charge in [0.2, 0.25) is 0 Å². The van der Waals surface area contributed by atoms with E-state index in [-0.39, 0.29) is 11.3 Å². The van der Waals surface area contributed by atoms with Crippen molar-refractivity contribution < 1.29 is 19.7 Å². The first-order chi connectivity index (χ1) is 18.3. The zero-order valence-corrected chi connectivity index (χ0v) is 22.5. The van der Waals surface area contributed by atoms with Crippen LogP contribution in [0.15, 0.2) is 72.1 Å². The molecule has 0 saturated carbocycles. The minimum Gasteiger partial charge on any atom is -0.504 e. The minimum atomic E-state index is -0.754. The summed E-state index contributed by atoms with van der Waals surface area (Å²) in [4.78, 5) is 0.917. The lowest BCUT2D eigenvalue weighted by atomic mass is 9.83. The predicted octanol–water partition coefficient (Wildman–Crippen LogP) is 7.71. The van der Waals surface area contributed by atoms with E-state index >= 15 is 0 Å². The van der Waals surface area contributed by atoms with E-state index < -0.39 is 6.10 Å². The van der Waals surface area contributed by atoms with Gasteiger partial charge in [-0.2, -0.15) is 0 Å². The van der Waals surface area contributed by atoms with Crippen molar-refractivity contribution in [3.8, 4) is 28.4 Å². The molecular weight excluding hydrogens is 494 g/mol. The molecule has 1 aromatic heterocycles. The van der Waals surface area contributed by atoms with E-state index in [2.05, 4.69) is 44.3 Å². The maximum Gasteiger partial charge on any atom is 0.172 e. The molecule has 6 rings (SSSR count). The summed E-state index contributed by atoms with van der Waals surface area (Å²) in [6, 6.07) is 19.1. The first kappa shape index (κ1) is 24.3. The molecule has 192 valence electrons. The summed E-state index contributed by atoms with van der Waals surface area (Å²) in [7, 11) is 1.55. The third-order valence-electron chi connectivity index (χ3n) is 7.07. The number of aromatic hydroxyl groups is 1. The predicted molar refractivity (Wildman–Crippen MR) is 155 cm³/mol. The van der Waals surface area contributed by atoms with Crippen LogP contribution in [0.3, 0.4) is 0 Å². The lowest BCUT2D eigenvalue weighted by Gasteiger charge is -2.35. The zero-order valence-electron chi connectivity index (χ0n) is 21.7. The van der Waals surface area contributed by atoms with E-state index in [4.69, 9.17) is 9.47 Å². The Labute approximate surface area is 226 Å². The maximum absolute atomic E-state index is 11.2. The highest BCUT2D eigenvalue weighted by molar-refractivity contribution is 7.11. The summed E-state index contributed by atoms with van der Waals surface area (Å²) in [5.74, 6) is 1.72. The summed E-state index contributed by atoms with van der Waals surface area (Å²) >= 11 is 1.56. The third-order valence-corrected chi connectivity index (χ3v) is 7.95. The summed E-state index contributed by atoms with van der Waals surface area (Å²) in [5.41, 5.74) is 7.22. The number of aliphatic hydroxyl groups is 1. The molecule has 0 radical (unpaired) electrons. The highest BCUT2D eigenvalue weighted by Gasteiger charge is 2.33. The van der Waals surface area contributed by atoms with Gasteiger partial charge in [-0.1, -0.05) is 42.5 Å². The van der Waals surface area contributed by atoms with Gasteiger partial charge >= 0.3 is 0 Å². The van der Waals surface area contributed by atoms with Gasteiger partial charge < -0.3 is 25.0 Å². The minimum absolute atomic E-state index is 0.0593. The molecule has 2 aliphatic heterocycles. The highest BCUT2D eigenvalue weighted by Crippen LogP contribution is 2.54. The molecule has 3 N–H and O–H groups in total. The molecule has 1 unspecified atom stereocenters. The molecule has 6 heteroatoms. The van der Waals surface area contributed by atoms with Gasteiger partial charge in [-0.3, -0.25) is 0 Å². The smallest absolute Gasteiger partial charge is 0.172 e.